The Morgan fingerprint density at radius 1 is 0.970 bits per heavy atom. The number of rotatable bonds is 7. The first-order valence-corrected chi connectivity index (χ1v) is 9.62. The second kappa shape index (κ2) is 12.2. The van der Waals surface area contributed by atoms with Crippen molar-refractivity contribution in [1.82, 2.24) is 10.2 Å². The molecular weight excluding hydrogens is 466 g/mol. The molecule has 2 rings (SSSR count). The van der Waals surface area contributed by atoms with Crippen molar-refractivity contribution in [2.45, 2.75) is 50.0 Å². The van der Waals surface area contributed by atoms with Crippen LogP contribution in [0.1, 0.15) is 24.0 Å². The maximum absolute atomic E-state index is 13.0. The van der Waals surface area contributed by atoms with Crippen LogP contribution in [-0.4, -0.2) is 81.3 Å². The number of carboxylic acids is 2. The average molecular weight is 490 g/mol. The van der Waals surface area contributed by atoms with Gasteiger partial charge in [-0.25, -0.2) is 9.59 Å². The minimum absolute atomic E-state index is 0.122. The van der Waals surface area contributed by atoms with Crippen molar-refractivity contribution in [2.24, 2.45) is 0 Å². The SMILES string of the molecule is FC(F)(F)CN(Cc1ccccc1C(F)(F)F)C1CCNCC1.O=C(O)C(O)C(O)C(=O)O. The lowest BCUT2D eigenvalue weighted by molar-refractivity contribution is -0.165. The second-order valence-electron chi connectivity index (χ2n) is 7.22. The minimum Gasteiger partial charge on any atom is -0.479 e. The highest BCUT2D eigenvalue weighted by Gasteiger charge is 2.37. The van der Waals surface area contributed by atoms with Gasteiger partial charge in [0.1, 0.15) is 0 Å². The number of piperidine rings is 1. The Hall–Kier alpha value is -2.42. The molecule has 1 aromatic rings. The summed E-state index contributed by atoms with van der Waals surface area (Å²) in [4.78, 5) is 20.7. The number of aliphatic hydroxyl groups excluding tert-OH is 2. The van der Waals surface area contributed by atoms with E-state index in [0.717, 1.165) is 11.0 Å². The summed E-state index contributed by atoms with van der Waals surface area (Å²) in [5.74, 6) is -3.54. The largest absolute Gasteiger partial charge is 0.479 e. The number of halogens is 6. The molecule has 2 unspecified atom stereocenters. The predicted octanol–water partition coefficient (Wildman–Crippen LogP) is 1.70. The molecule has 33 heavy (non-hydrogen) atoms. The molecule has 0 amide bonds. The summed E-state index contributed by atoms with van der Waals surface area (Å²) in [6.45, 7) is -0.427. The number of hydrogen-bond donors (Lipinski definition) is 5. The lowest BCUT2D eigenvalue weighted by atomic mass is 10.0. The third-order valence-corrected chi connectivity index (χ3v) is 4.71. The Kier molecular flexibility index (Phi) is 10.5. The van der Waals surface area contributed by atoms with E-state index in [2.05, 4.69) is 5.32 Å². The Bertz CT molecular complexity index is 765. The molecule has 0 aliphatic carbocycles. The number of aliphatic carboxylic acids is 2. The summed E-state index contributed by atoms with van der Waals surface area (Å²) in [7, 11) is 0. The van der Waals surface area contributed by atoms with E-state index in [1.165, 1.54) is 18.2 Å². The van der Waals surface area contributed by atoms with Gasteiger partial charge in [-0.3, -0.25) is 4.90 Å². The molecule has 2 atom stereocenters. The van der Waals surface area contributed by atoms with Crippen LogP contribution >= 0.6 is 0 Å². The number of hydrogen-bond acceptors (Lipinski definition) is 6. The van der Waals surface area contributed by atoms with Crippen LogP contribution in [0.15, 0.2) is 24.3 Å². The van der Waals surface area contributed by atoms with Crippen molar-refractivity contribution in [3.8, 4) is 0 Å². The number of carbonyl (C=O) groups is 2. The fourth-order valence-electron chi connectivity index (χ4n) is 3.14. The normalized spacial score (nSPS) is 17.1. The van der Waals surface area contributed by atoms with E-state index in [1.54, 1.807) is 0 Å². The maximum atomic E-state index is 13.0. The molecule has 0 spiro atoms. The zero-order chi connectivity index (χ0) is 25.4. The van der Waals surface area contributed by atoms with Crippen LogP contribution < -0.4 is 5.32 Å². The van der Waals surface area contributed by atoms with Gasteiger partial charge in [0.2, 0.25) is 0 Å². The Morgan fingerprint density at radius 3 is 1.88 bits per heavy atom. The van der Waals surface area contributed by atoms with Gasteiger partial charge in [0.05, 0.1) is 12.1 Å². The van der Waals surface area contributed by atoms with Crippen LogP contribution in [0.4, 0.5) is 26.3 Å². The molecule has 1 aliphatic rings. The summed E-state index contributed by atoms with van der Waals surface area (Å²) in [6.07, 6.45) is -12.6. The monoisotopic (exact) mass is 490 g/mol. The lowest BCUT2D eigenvalue weighted by Crippen LogP contribution is -2.46. The summed E-state index contributed by atoms with van der Waals surface area (Å²) < 4.78 is 77.5. The van der Waals surface area contributed by atoms with Gasteiger partial charge in [0.15, 0.2) is 12.2 Å². The molecule has 14 heteroatoms. The average Bonchev–Trinajstić information content (AvgIpc) is 2.71. The molecule has 1 fully saturated rings. The molecule has 0 radical (unpaired) electrons. The molecule has 1 aliphatic heterocycles. The fourth-order valence-corrected chi connectivity index (χ4v) is 3.14. The van der Waals surface area contributed by atoms with Gasteiger partial charge in [-0.15, -0.1) is 0 Å². The molecule has 1 aromatic carbocycles. The van der Waals surface area contributed by atoms with Gasteiger partial charge < -0.3 is 25.7 Å². The molecule has 0 aromatic heterocycles. The van der Waals surface area contributed by atoms with E-state index in [1.807, 2.05) is 0 Å². The standard InChI is InChI=1S/C15H18F6N2.C4H6O6/c16-14(17,18)10-23(12-5-7-22-8-6-12)9-11-3-1-2-4-13(11)15(19,20)21;5-1(3(7)8)2(6)4(9)10/h1-4,12,22H,5-10H2;1-2,5-6H,(H,7,8)(H,9,10). The molecule has 0 bridgehead atoms. The number of carboxylic acid groups (broad SMARTS) is 2. The van der Waals surface area contributed by atoms with Crippen molar-refractivity contribution in [1.29, 1.82) is 0 Å². The quantitative estimate of drug-likeness (QED) is 0.365. The smallest absolute Gasteiger partial charge is 0.416 e. The molecule has 5 N–H and O–H groups in total. The van der Waals surface area contributed by atoms with Crippen LogP contribution in [0.3, 0.4) is 0 Å². The summed E-state index contributed by atoms with van der Waals surface area (Å²) in [5.41, 5.74) is -0.996. The third-order valence-electron chi connectivity index (χ3n) is 4.71. The number of alkyl halides is 6. The first-order chi connectivity index (χ1) is 15.1. The van der Waals surface area contributed by atoms with E-state index >= 15 is 0 Å². The molecule has 8 nitrogen and oxygen atoms in total. The van der Waals surface area contributed by atoms with E-state index in [4.69, 9.17) is 20.4 Å². The van der Waals surface area contributed by atoms with Gasteiger partial charge in [-0.1, -0.05) is 18.2 Å². The number of nitrogens with one attached hydrogen (secondary N) is 1. The highest BCUT2D eigenvalue weighted by Crippen LogP contribution is 2.33. The van der Waals surface area contributed by atoms with Gasteiger partial charge in [0, 0.05) is 12.6 Å². The van der Waals surface area contributed by atoms with Crippen LogP contribution in [0.25, 0.3) is 0 Å². The van der Waals surface area contributed by atoms with Gasteiger partial charge in [-0.2, -0.15) is 26.3 Å². The topological polar surface area (TPSA) is 130 Å². The molecular formula is C19H24F6N2O6. The number of aliphatic hydroxyl groups is 2. The zero-order valence-electron chi connectivity index (χ0n) is 17.1. The molecule has 0 saturated carbocycles. The van der Waals surface area contributed by atoms with E-state index in [9.17, 15) is 35.9 Å². The summed E-state index contributed by atoms with van der Waals surface area (Å²) >= 11 is 0. The van der Waals surface area contributed by atoms with Crippen molar-refractivity contribution in [3.63, 3.8) is 0 Å². The fraction of sp³-hybridized carbons (Fsp3) is 0.579. The second-order valence-corrected chi connectivity index (χ2v) is 7.22. The van der Waals surface area contributed by atoms with Crippen LogP contribution in [0.5, 0.6) is 0 Å². The van der Waals surface area contributed by atoms with Crippen molar-refractivity contribution in [3.05, 3.63) is 35.4 Å². The number of benzene rings is 1. The van der Waals surface area contributed by atoms with Crippen LogP contribution in [0, 0.1) is 0 Å². The predicted molar refractivity (Wildman–Crippen MR) is 101 cm³/mol. The number of nitrogens with zero attached hydrogens (tertiary/aromatic N) is 1. The van der Waals surface area contributed by atoms with Crippen molar-refractivity contribution >= 4 is 11.9 Å². The van der Waals surface area contributed by atoms with Gasteiger partial charge in [0.25, 0.3) is 0 Å². The summed E-state index contributed by atoms with van der Waals surface area (Å²) in [6, 6.07) is 4.43. The first kappa shape index (κ1) is 28.6. The van der Waals surface area contributed by atoms with Gasteiger partial charge in [-0.05, 0) is 37.6 Å². The molecule has 1 saturated heterocycles. The van der Waals surface area contributed by atoms with Crippen molar-refractivity contribution < 1.29 is 56.4 Å². The van der Waals surface area contributed by atoms with Crippen LogP contribution in [-0.2, 0) is 22.3 Å². The Morgan fingerprint density at radius 2 is 1.45 bits per heavy atom. The third kappa shape index (κ3) is 9.94. The van der Waals surface area contributed by atoms with Crippen molar-refractivity contribution in [2.75, 3.05) is 19.6 Å². The summed E-state index contributed by atoms with van der Waals surface area (Å²) in [5, 5.41) is 35.6. The highest BCUT2D eigenvalue weighted by molar-refractivity contribution is 5.83. The van der Waals surface area contributed by atoms with Gasteiger partial charge >= 0.3 is 24.3 Å². The van der Waals surface area contributed by atoms with Crippen LogP contribution in [0.2, 0.25) is 0 Å². The van der Waals surface area contributed by atoms with E-state index in [0.29, 0.717) is 25.9 Å². The van der Waals surface area contributed by atoms with E-state index < -0.39 is 48.6 Å². The first-order valence-electron chi connectivity index (χ1n) is 9.62. The van der Waals surface area contributed by atoms with E-state index in [-0.39, 0.29) is 18.2 Å². The molecule has 188 valence electrons. The maximum Gasteiger partial charge on any atom is 0.416 e. The Labute approximate surface area is 184 Å². The minimum atomic E-state index is -4.57. The highest BCUT2D eigenvalue weighted by atomic mass is 19.4. The zero-order valence-corrected chi connectivity index (χ0v) is 17.1. The lowest BCUT2D eigenvalue weighted by Gasteiger charge is -2.35. The Balaban J connectivity index is 0.000000461. The molecule has 1 heterocycles.